The Morgan fingerprint density at radius 1 is 1.42 bits per heavy atom. The average Bonchev–Trinajstić information content (AvgIpc) is 2.77. The fourth-order valence-electron chi connectivity index (χ4n) is 1.69. The number of terminal acetylenes is 1. The molecule has 1 aliphatic rings. The molecule has 1 aliphatic heterocycles. The Morgan fingerprint density at radius 3 is 2.67 bits per heavy atom. The molecule has 0 amide bonds. The van der Waals surface area contributed by atoms with Crippen LogP contribution in [-0.4, -0.2) is 11.7 Å². The second-order valence-electron chi connectivity index (χ2n) is 3.53. The van der Waals surface area contributed by atoms with Crippen LogP contribution in [-0.2, 0) is 4.74 Å². The van der Waals surface area contributed by atoms with Crippen molar-refractivity contribution < 1.29 is 4.74 Å². The second kappa shape index (κ2) is 3.96. The van der Waals surface area contributed by atoms with E-state index in [1.165, 1.54) is 12.8 Å². The van der Waals surface area contributed by atoms with Gasteiger partial charge in [0.25, 0.3) is 0 Å². The maximum absolute atomic E-state index is 5.56. The Labute approximate surface area is 75.5 Å². The van der Waals surface area contributed by atoms with Crippen LogP contribution in [0, 0.1) is 12.3 Å². The predicted molar refractivity (Wildman–Crippen MR) is 50.9 cm³/mol. The zero-order chi connectivity index (χ0) is 9.03. The molecule has 0 aromatic carbocycles. The molecule has 1 saturated heterocycles. The summed E-state index contributed by atoms with van der Waals surface area (Å²) < 4.78 is 5.56. The number of epoxide rings is 1. The zero-order valence-electron chi connectivity index (χ0n) is 8.10. The van der Waals surface area contributed by atoms with Crippen molar-refractivity contribution in [2.45, 2.75) is 57.7 Å². The van der Waals surface area contributed by atoms with E-state index in [9.17, 15) is 0 Å². The van der Waals surface area contributed by atoms with Gasteiger partial charge in [0.1, 0.15) is 0 Å². The van der Waals surface area contributed by atoms with Crippen molar-refractivity contribution >= 4 is 0 Å². The van der Waals surface area contributed by atoms with Crippen molar-refractivity contribution in [2.24, 2.45) is 0 Å². The van der Waals surface area contributed by atoms with E-state index in [0.29, 0.717) is 6.10 Å². The molecule has 12 heavy (non-hydrogen) atoms. The van der Waals surface area contributed by atoms with E-state index in [2.05, 4.69) is 19.8 Å². The first-order valence-electron chi connectivity index (χ1n) is 4.94. The van der Waals surface area contributed by atoms with Gasteiger partial charge in [-0.1, -0.05) is 39.0 Å². The van der Waals surface area contributed by atoms with E-state index >= 15 is 0 Å². The highest BCUT2D eigenvalue weighted by Gasteiger charge is 2.53. The minimum absolute atomic E-state index is 0.163. The molecule has 0 aromatic rings. The maximum Gasteiger partial charge on any atom is 0.154 e. The van der Waals surface area contributed by atoms with Gasteiger partial charge in [-0.25, -0.2) is 0 Å². The largest absolute Gasteiger partial charge is 0.352 e. The van der Waals surface area contributed by atoms with Gasteiger partial charge < -0.3 is 4.74 Å². The summed E-state index contributed by atoms with van der Waals surface area (Å²) in [6.07, 6.45) is 11.6. The van der Waals surface area contributed by atoms with Crippen molar-refractivity contribution in [1.29, 1.82) is 0 Å². The first-order chi connectivity index (χ1) is 5.79. The maximum atomic E-state index is 5.56. The lowest BCUT2D eigenvalue weighted by Crippen LogP contribution is -2.11. The number of ether oxygens (including phenoxy) is 1. The SMILES string of the molecule is C#C[C@@]1(CCC)O[C@@H]1CCCC. The molecule has 1 heterocycles. The summed E-state index contributed by atoms with van der Waals surface area (Å²) in [6, 6.07) is 0. The van der Waals surface area contributed by atoms with Crippen LogP contribution in [0.15, 0.2) is 0 Å². The summed E-state index contributed by atoms with van der Waals surface area (Å²) >= 11 is 0. The summed E-state index contributed by atoms with van der Waals surface area (Å²) in [6.45, 7) is 4.34. The summed E-state index contributed by atoms with van der Waals surface area (Å²) in [5.41, 5.74) is -0.163. The van der Waals surface area contributed by atoms with Gasteiger partial charge >= 0.3 is 0 Å². The third-order valence-electron chi connectivity index (χ3n) is 2.50. The van der Waals surface area contributed by atoms with Crippen LogP contribution < -0.4 is 0 Å². The second-order valence-corrected chi connectivity index (χ2v) is 3.53. The molecule has 1 nitrogen and oxygen atoms in total. The van der Waals surface area contributed by atoms with E-state index in [1.807, 2.05) is 0 Å². The molecule has 0 bridgehead atoms. The first-order valence-corrected chi connectivity index (χ1v) is 4.94. The standard InChI is InChI=1S/C11H18O/c1-4-7-8-10-11(6-3,12-10)9-5-2/h3,10H,4-5,7-9H2,1-2H3/t10-,11+/m1/s1. The molecule has 0 radical (unpaired) electrons. The fraction of sp³-hybridized carbons (Fsp3) is 0.818. The number of hydrogen-bond acceptors (Lipinski definition) is 1. The smallest absolute Gasteiger partial charge is 0.154 e. The molecular weight excluding hydrogens is 148 g/mol. The number of rotatable bonds is 5. The normalized spacial score (nSPS) is 32.9. The van der Waals surface area contributed by atoms with Crippen molar-refractivity contribution in [3.05, 3.63) is 0 Å². The van der Waals surface area contributed by atoms with Crippen LogP contribution in [0.3, 0.4) is 0 Å². The summed E-state index contributed by atoms with van der Waals surface area (Å²) in [5.74, 6) is 2.79. The minimum atomic E-state index is -0.163. The Balaban J connectivity index is 2.30. The molecule has 0 N–H and O–H groups in total. The van der Waals surface area contributed by atoms with Gasteiger partial charge in [0.05, 0.1) is 6.10 Å². The number of hydrogen-bond donors (Lipinski definition) is 0. The van der Waals surface area contributed by atoms with Crippen LogP contribution in [0.25, 0.3) is 0 Å². The van der Waals surface area contributed by atoms with Crippen molar-refractivity contribution in [1.82, 2.24) is 0 Å². The van der Waals surface area contributed by atoms with Gasteiger partial charge in [0, 0.05) is 0 Å². The highest BCUT2D eigenvalue weighted by Crippen LogP contribution is 2.42. The van der Waals surface area contributed by atoms with E-state index in [4.69, 9.17) is 11.2 Å². The summed E-state index contributed by atoms with van der Waals surface area (Å²) in [4.78, 5) is 0. The Kier molecular flexibility index (Phi) is 3.17. The van der Waals surface area contributed by atoms with Crippen LogP contribution >= 0.6 is 0 Å². The summed E-state index contributed by atoms with van der Waals surface area (Å²) in [7, 11) is 0. The molecule has 1 rings (SSSR count). The molecule has 0 spiro atoms. The molecule has 0 aromatic heterocycles. The lowest BCUT2D eigenvalue weighted by atomic mass is 9.97. The van der Waals surface area contributed by atoms with Gasteiger partial charge in [-0.05, 0) is 12.8 Å². The highest BCUT2D eigenvalue weighted by molar-refractivity contribution is 5.21. The molecule has 2 atom stereocenters. The van der Waals surface area contributed by atoms with E-state index in [1.54, 1.807) is 0 Å². The first kappa shape index (κ1) is 9.61. The minimum Gasteiger partial charge on any atom is -0.352 e. The topological polar surface area (TPSA) is 12.5 Å². The van der Waals surface area contributed by atoms with Gasteiger partial charge in [0.2, 0.25) is 0 Å². The summed E-state index contributed by atoms with van der Waals surface area (Å²) in [5, 5.41) is 0. The molecule has 0 saturated carbocycles. The Morgan fingerprint density at radius 2 is 2.17 bits per heavy atom. The van der Waals surface area contributed by atoms with E-state index < -0.39 is 0 Å². The fourth-order valence-corrected chi connectivity index (χ4v) is 1.69. The molecule has 68 valence electrons. The van der Waals surface area contributed by atoms with Crippen molar-refractivity contribution in [2.75, 3.05) is 0 Å². The third-order valence-corrected chi connectivity index (χ3v) is 2.50. The van der Waals surface area contributed by atoms with Crippen molar-refractivity contribution in [3.63, 3.8) is 0 Å². The monoisotopic (exact) mass is 166 g/mol. The van der Waals surface area contributed by atoms with Gasteiger partial charge in [-0.15, -0.1) is 6.42 Å². The van der Waals surface area contributed by atoms with Gasteiger partial charge in [-0.2, -0.15) is 0 Å². The zero-order valence-corrected chi connectivity index (χ0v) is 8.10. The molecular formula is C11H18O. The lowest BCUT2D eigenvalue weighted by Gasteiger charge is -2.01. The molecule has 1 heteroatoms. The van der Waals surface area contributed by atoms with Gasteiger partial charge in [-0.3, -0.25) is 0 Å². The Hall–Kier alpha value is -0.480. The average molecular weight is 166 g/mol. The highest BCUT2D eigenvalue weighted by atomic mass is 16.6. The van der Waals surface area contributed by atoms with Crippen LogP contribution in [0.2, 0.25) is 0 Å². The Bertz CT molecular complexity index is 180. The van der Waals surface area contributed by atoms with Gasteiger partial charge in [0.15, 0.2) is 5.60 Å². The molecule has 0 aliphatic carbocycles. The lowest BCUT2D eigenvalue weighted by molar-refractivity contribution is 0.319. The predicted octanol–water partition coefficient (Wildman–Crippen LogP) is 2.75. The van der Waals surface area contributed by atoms with Crippen LogP contribution in [0.1, 0.15) is 46.0 Å². The molecule has 0 unspecified atom stereocenters. The third kappa shape index (κ3) is 1.81. The van der Waals surface area contributed by atoms with Crippen molar-refractivity contribution in [3.8, 4) is 12.3 Å². The number of unbranched alkanes of at least 4 members (excludes halogenated alkanes) is 1. The van der Waals surface area contributed by atoms with Crippen LogP contribution in [0.4, 0.5) is 0 Å². The van der Waals surface area contributed by atoms with E-state index in [0.717, 1.165) is 19.3 Å². The quantitative estimate of drug-likeness (QED) is 0.452. The van der Waals surface area contributed by atoms with E-state index in [-0.39, 0.29) is 5.60 Å². The molecule has 1 fully saturated rings. The van der Waals surface area contributed by atoms with Crippen LogP contribution in [0.5, 0.6) is 0 Å².